The van der Waals surface area contributed by atoms with Crippen molar-refractivity contribution in [2.75, 3.05) is 6.61 Å². The molecular formula is C29H24O4S2. The Morgan fingerprint density at radius 1 is 0.686 bits per heavy atom. The lowest BCUT2D eigenvalue weighted by atomic mass is 10.1. The highest BCUT2D eigenvalue weighted by Gasteiger charge is 2.24. The molecule has 0 spiro atoms. The van der Waals surface area contributed by atoms with E-state index in [0.29, 0.717) is 9.79 Å². The lowest BCUT2D eigenvalue weighted by Crippen LogP contribution is -2.25. The van der Waals surface area contributed by atoms with Crippen LogP contribution in [0.1, 0.15) is 18.1 Å². The molecule has 3 atom stereocenters. The lowest BCUT2D eigenvalue weighted by Gasteiger charge is -2.23. The average molecular weight is 501 g/mol. The number of hydrogen-bond donors (Lipinski definition) is 0. The van der Waals surface area contributed by atoms with Gasteiger partial charge in [0.05, 0.1) is 22.5 Å². The molecule has 0 bridgehead atoms. The minimum Gasteiger partial charge on any atom is -0.291 e. The quantitative estimate of drug-likeness (QED) is 0.321. The van der Waals surface area contributed by atoms with Crippen LogP contribution in [0, 0.1) is 0 Å². The molecule has 0 radical (unpaired) electrons. The Labute approximate surface area is 205 Å². The van der Waals surface area contributed by atoms with Gasteiger partial charge in [0.15, 0.2) is 0 Å². The molecule has 4 aromatic rings. The van der Waals surface area contributed by atoms with Crippen LogP contribution in [-0.4, -0.2) is 31.9 Å². The van der Waals surface area contributed by atoms with Gasteiger partial charge in [-0.2, -0.15) is 0 Å². The maximum Gasteiger partial charge on any atom is 0.114 e. The maximum absolute atomic E-state index is 13.9. The Morgan fingerprint density at radius 2 is 1.14 bits per heavy atom. The average Bonchev–Trinajstić information content (AvgIpc) is 2.86. The van der Waals surface area contributed by atoms with Gasteiger partial charge in [-0.15, -0.1) is 0 Å². The number of allylic oxidation sites excluding steroid dienone is 2. The lowest BCUT2D eigenvalue weighted by molar-refractivity contribution is 0.166. The van der Waals surface area contributed by atoms with Gasteiger partial charge in [-0.1, -0.05) is 72.8 Å². The fourth-order valence-corrected chi connectivity index (χ4v) is 8.19. The highest BCUT2D eigenvalue weighted by atomic mass is 32.2. The minimum atomic E-state index is -2.91. The zero-order valence-electron chi connectivity index (χ0n) is 19.1. The first-order chi connectivity index (χ1) is 16.9. The second-order valence-corrected chi connectivity index (χ2v) is 12.8. The normalized spacial score (nSPS) is 23.3. The Balaban J connectivity index is 1.27. The molecule has 0 amide bonds. The van der Waals surface area contributed by atoms with Crippen molar-refractivity contribution in [2.45, 2.75) is 22.8 Å². The highest BCUT2D eigenvalue weighted by Crippen LogP contribution is 2.31. The SMILES string of the molecule is CC(COS1(=O)=CC=Cc2cc3ccccc3cc21)OS1(=O)=CC=Cc2cc3ccccc3cc21. The summed E-state index contributed by atoms with van der Waals surface area (Å²) in [5.74, 6) is 0. The summed E-state index contributed by atoms with van der Waals surface area (Å²) in [5.41, 5.74) is 1.75. The predicted molar refractivity (Wildman–Crippen MR) is 147 cm³/mol. The predicted octanol–water partition coefficient (Wildman–Crippen LogP) is 5.89. The molecule has 0 fully saturated rings. The molecule has 2 aliphatic rings. The summed E-state index contributed by atoms with van der Waals surface area (Å²) >= 11 is 0. The van der Waals surface area contributed by atoms with Crippen molar-refractivity contribution < 1.29 is 16.8 Å². The molecule has 0 aliphatic carbocycles. The zero-order valence-corrected chi connectivity index (χ0v) is 20.8. The van der Waals surface area contributed by atoms with E-state index in [-0.39, 0.29) is 6.61 Å². The van der Waals surface area contributed by atoms with Crippen molar-refractivity contribution in [1.82, 2.24) is 0 Å². The molecule has 0 saturated carbocycles. The largest absolute Gasteiger partial charge is 0.291 e. The van der Waals surface area contributed by atoms with Gasteiger partial charge in [0.25, 0.3) is 0 Å². The number of rotatable bonds is 5. The van der Waals surface area contributed by atoms with Crippen LogP contribution in [0.4, 0.5) is 0 Å². The van der Waals surface area contributed by atoms with Gasteiger partial charge in [-0.05, 0) is 63.9 Å². The van der Waals surface area contributed by atoms with Gasteiger partial charge in [0, 0.05) is 10.7 Å². The Morgan fingerprint density at radius 3 is 1.69 bits per heavy atom. The molecule has 176 valence electrons. The van der Waals surface area contributed by atoms with Gasteiger partial charge >= 0.3 is 0 Å². The van der Waals surface area contributed by atoms with Crippen LogP contribution >= 0.6 is 0 Å². The van der Waals surface area contributed by atoms with Crippen LogP contribution in [0.25, 0.3) is 33.7 Å². The van der Waals surface area contributed by atoms with E-state index in [0.717, 1.165) is 32.7 Å². The Hall–Kier alpha value is -3.16. The van der Waals surface area contributed by atoms with Gasteiger partial charge in [0.1, 0.15) is 19.6 Å². The first kappa shape index (κ1) is 22.3. The molecule has 0 saturated heterocycles. The molecular weight excluding hydrogens is 476 g/mol. The van der Waals surface area contributed by atoms with E-state index < -0.39 is 25.7 Å². The Kier molecular flexibility index (Phi) is 5.42. The van der Waals surface area contributed by atoms with Crippen molar-refractivity contribution in [3.63, 3.8) is 0 Å². The third-order valence-corrected chi connectivity index (χ3v) is 10.3. The second-order valence-electron chi connectivity index (χ2n) is 8.75. The Bertz CT molecular complexity index is 1800. The van der Waals surface area contributed by atoms with E-state index in [9.17, 15) is 8.42 Å². The molecule has 4 nitrogen and oxygen atoms in total. The molecule has 2 aliphatic heterocycles. The molecule has 2 heterocycles. The molecule has 0 N–H and O–H groups in total. The van der Waals surface area contributed by atoms with Crippen molar-refractivity contribution in [3.05, 3.63) is 96.1 Å². The summed E-state index contributed by atoms with van der Waals surface area (Å²) < 4.78 is 39.8. The molecule has 6 rings (SSSR count). The summed E-state index contributed by atoms with van der Waals surface area (Å²) in [4.78, 5) is 1.30. The van der Waals surface area contributed by atoms with Crippen LogP contribution in [0.3, 0.4) is 0 Å². The van der Waals surface area contributed by atoms with Crippen LogP contribution in [0.5, 0.6) is 0 Å². The zero-order chi connectivity index (χ0) is 24.0. The summed E-state index contributed by atoms with van der Waals surface area (Å²) in [6, 6.07) is 23.9. The van der Waals surface area contributed by atoms with Crippen molar-refractivity contribution in [2.24, 2.45) is 0 Å². The van der Waals surface area contributed by atoms with E-state index in [1.54, 1.807) is 29.8 Å². The molecule has 6 heteroatoms. The highest BCUT2D eigenvalue weighted by molar-refractivity contribution is 7.97. The topological polar surface area (TPSA) is 52.6 Å². The van der Waals surface area contributed by atoms with Crippen molar-refractivity contribution >= 4 is 64.0 Å². The maximum atomic E-state index is 13.9. The third-order valence-electron chi connectivity index (χ3n) is 6.22. The van der Waals surface area contributed by atoms with E-state index in [1.165, 1.54) is 0 Å². The summed E-state index contributed by atoms with van der Waals surface area (Å²) in [7, 11) is -5.81. The standard InChI is InChI=1S/C29H24O4S2/c1-21(33-35(31)15-7-13-27-17-23-9-3-5-11-25(23)19-29(27)35)20-32-34(30)14-6-12-26-16-22-8-2-4-10-24(22)18-28(26)34/h2-19,21H,20H2,1H3. The summed E-state index contributed by atoms with van der Waals surface area (Å²) in [5, 5.41) is 7.39. The van der Waals surface area contributed by atoms with E-state index in [4.69, 9.17) is 8.37 Å². The summed E-state index contributed by atoms with van der Waals surface area (Å²) in [6.07, 6.45) is 6.87. The monoisotopic (exact) mass is 500 g/mol. The second kappa shape index (κ2) is 8.50. The molecule has 4 aromatic carbocycles. The third kappa shape index (κ3) is 4.02. The van der Waals surface area contributed by atoms with Crippen molar-refractivity contribution in [3.8, 4) is 0 Å². The van der Waals surface area contributed by atoms with Crippen molar-refractivity contribution in [1.29, 1.82) is 0 Å². The van der Waals surface area contributed by atoms with E-state index >= 15 is 0 Å². The minimum absolute atomic E-state index is 0.0346. The first-order valence-electron chi connectivity index (χ1n) is 11.4. The molecule has 3 unspecified atom stereocenters. The van der Waals surface area contributed by atoms with E-state index in [2.05, 4.69) is 0 Å². The van der Waals surface area contributed by atoms with Gasteiger partial charge < -0.3 is 0 Å². The fourth-order valence-electron chi connectivity index (χ4n) is 4.52. The van der Waals surface area contributed by atoms with Crippen LogP contribution in [0.15, 0.2) is 94.7 Å². The van der Waals surface area contributed by atoms with Gasteiger partial charge in [-0.3, -0.25) is 8.37 Å². The smallest absolute Gasteiger partial charge is 0.114 e. The van der Waals surface area contributed by atoms with Crippen LogP contribution < -0.4 is 0 Å². The first-order valence-corrected chi connectivity index (χ1v) is 14.5. The number of benzene rings is 4. The van der Waals surface area contributed by atoms with E-state index in [1.807, 2.05) is 84.9 Å². The van der Waals surface area contributed by atoms with Gasteiger partial charge in [0.2, 0.25) is 0 Å². The number of fused-ring (bicyclic) bond motifs is 4. The molecule has 0 aromatic heterocycles. The summed E-state index contributed by atoms with van der Waals surface area (Å²) in [6.45, 7) is 1.83. The van der Waals surface area contributed by atoms with Gasteiger partial charge in [-0.25, -0.2) is 8.42 Å². The number of hydrogen-bond acceptors (Lipinski definition) is 4. The van der Waals surface area contributed by atoms with Crippen LogP contribution in [0.2, 0.25) is 0 Å². The van der Waals surface area contributed by atoms with Crippen LogP contribution in [-0.2, 0) is 28.0 Å². The molecule has 35 heavy (non-hydrogen) atoms. The fraction of sp³-hybridized carbons (Fsp3) is 0.103.